The number of hydrogen-bond donors (Lipinski definition) is 4. The fraction of sp³-hybridized carbons (Fsp3) is 0.444. The number of nitrogens with one attached hydrogen (secondary N) is 4. The van der Waals surface area contributed by atoms with Gasteiger partial charge in [-0.25, -0.2) is 18.7 Å². The van der Waals surface area contributed by atoms with Crippen molar-refractivity contribution in [2.24, 2.45) is 0 Å². The molecule has 45 heavy (non-hydrogen) atoms. The summed E-state index contributed by atoms with van der Waals surface area (Å²) in [6.07, 6.45) is 5.63. The Morgan fingerprint density at radius 3 is 1.60 bits per heavy atom. The van der Waals surface area contributed by atoms with E-state index in [-0.39, 0.29) is 41.2 Å². The maximum atomic E-state index is 16.0. The number of benzene rings is 3. The first kappa shape index (κ1) is 28.6. The first-order valence-corrected chi connectivity index (χ1v) is 16.5. The van der Waals surface area contributed by atoms with E-state index in [1.807, 2.05) is 12.1 Å². The van der Waals surface area contributed by atoms with Crippen molar-refractivity contribution in [2.75, 3.05) is 18.0 Å². The maximum Gasteiger partial charge on any atom is 0.130 e. The lowest BCUT2D eigenvalue weighted by Gasteiger charge is -2.34. The van der Waals surface area contributed by atoms with Crippen molar-refractivity contribution in [3.63, 3.8) is 0 Å². The van der Waals surface area contributed by atoms with Gasteiger partial charge in [-0.1, -0.05) is 32.9 Å². The highest BCUT2D eigenvalue weighted by Gasteiger charge is 2.39. The fourth-order valence-corrected chi connectivity index (χ4v) is 7.73. The summed E-state index contributed by atoms with van der Waals surface area (Å²) < 4.78 is 32.1. The van der Waals surface area contributed by atoms with Gasteiger partial charge in [0.2, 0.25) is 0 Å². The molecule has 8 rings (SSSR count). The van der Waals surface area contributed by atoms with Crippen molar-refractivity contribution in [1.82, 2.24) is 30.6 Å². The molecule has 5 aromatic rings. The Kier molecular flexibility index (Phi) is 6.95. The molecule has 4 atom stereocenters. The number of hydrogen-bond acceptors (Lipinski definition) is 5. The van der Waals surface area contributed by atoms with Gasteiger partial charge in [0.25, 0.3) is 0 Å². The predicted octanol–water partition coefficient (Wildman–Crippen LogP) is 7.95. The number of aromatic nitrogens is 4. The summed E-state index contributed by atoms with van der Waals surface area (Å²) in [6, 6.07) is 15.3. The summed E-state index contributed by atoms with van der Waals surface area (Å²) in [6.45, 7) is 8.51. The topological polar surface area (TPSA) is 84.7 Å². The highest BCUT2D eigenvalue weighted by molar-refractivity contribution is 5.78. The minimum Gasteiger partial charge on any atom is -0.357 e. The van der Waals surface area contributed by atoms with Gasteiger partial charge < -0.3 is 25.5 Å². The molecule has 3 aliphatic rings. The molecule has 1 unspecified atom stereocenters. The minimum atomic E-state index is -0.278. The van der Waals surface area contributed by atoms with E-state index in [9.17, 15) is 0 Å². The summed E-state index contributed by atoms with van der Waals surface area (Å²) >= 11 is 0. The van der Waals surface area contributed by atoms with Crippen LogP contribution in [0.3, 0.4) is 0 Å². The van der Waals surface area contributed by atoms with Crippen LogP contribution in [0.4, 0.5) is 14.5 Å². The first-order valence-electron chi connectivity index (χ1n) is 16.5. The van der Waals surface area contributed by atoms with E-state index >= 15 is 8.78 Å². The van der Waals surface area contributed by atoms with Crippen LogP contribution in [0.1, 0.15) is 112 Å². The average molecular weight is 610 g/mol. The second-order valence-electron chi connectivity index (χ2n) is 14.1. The number of H-pyrrole nitrogens is 2. The van der Waals surface area contributed by atoms with E-state index in [2.05, 4.69) is 70.5 Å². The van der Waals surface area contributed by atoms with Crippen LogP contribution in [0.2, 0.25) is 0 Å². The summed E-state index contributed by atoms with van der Waals surface area (Å²) in [7, 11) is 0. The molecule has 0 saturated carbocycles. The minimum absolute atomic E-state index is 0.00434. The summed E-state index contributed by atoms with van der Waals surface area (Å²) in [5.41, 5.74) is 6.33. The SMILES string of the molecule is CC(C)(C)c1ccc(N2[C@@H](c3cc4[nH]c(C5CCCN5)nc4cc3F)CC[C@@H]2c2cc3[nH]c([C@@H]4CCCN4)nc3cc2F)cc1. The van der Waals surface area contributed by atoms with E-state index in [1.54, 1.807) is 12.1 Å². The van der Waals surface area contributed by atoms with Crippen LogP contribution in [0, 0.1) is 11.6 Å². The lowest BCUT2D eigenvalue weighted by atomic mass is 9.87. The molecule has 0 bridgehead atoms. The molecule has 9 heteroatoms. The lowest BCUT2D eigenvalue weighted by molar-refractivity contribution is 0.563. The quantitative estimate of drug-likeness (QED) is 0.163. The van der Waals surface area contributed by atoms with Crippen LogP contribution in [0.15, 0.2) is 48.5 Å². The molecule has 3 aliphatic heterocycles. The van der Waals surface area contributed by atoms with Crippen molar-refractivity contribution < 1.29 is 8.78 Å². The fourth-order valence-electron chi connectivity index (χ4n) is 7.73. The van der Waals surface area contributed by atoms with Crippen LogP contribution in [0.25, 0.3) is 22.1 Å². The maximum absolute atomic E-state index is 16.0. The highest BCUT2D eigenvalue weighted by Crippen LogP contribution is 2.49. The first-order chi connectivity index (χ1) is 21.7. The monoisotopic (exact) mass is 609 g/mol. The molecule has 2 aromatic heterocycles. The molecule has 0 aliphatic carbocycles. The molecule has 3 fully saturated rings. The molecule has 0 spiro atoms. The highest BCUT2D eigenvalue weighted by atomic mass is 19.1. The molecule has 234 valence electrons. The summed E-state index contributed by atoms with van der Waals surface area (Å²) in [5.74, 6) is 1.17. The zero-order valence-corrected chi connectivity index (χ0v) is 26.2. The van der Waals surface area contributed by atoms with Gasteiger partial charge in [-0.05, 0) is 86.9 Å². The Morgan fingerprint density at radius 1 is 0.689 bits per heavy atom. The standard InChI is InChI=1S/C36H41F2N7/c1-36(2,3)20-8-10-21(11-9-20)45-32(22-16-28-30(18-24(22)37)43-34(41-28)26-6-4-14-39-26)12-13-33(45)23-17-29-31(19-25(23)38)44-35(42-29)27-7-5-15-40-27/h8-11,16-19,26-27,32-33,39-40H,4-7,12-15H2,1-3H3,(H,41,43)(H,42,44)/t26-,27?,32+,33+/m0/s1. The Morgan fingerprint density at radius 2 is 1.18 bits per heavy atom. The molecule has 5 heterocycles. The Labute approximate surface area is 262 Å². The van der Waals surface area contributed by atoms with E-state index in [0.717, 1.165) is 67.1 Å². The number of nitrogens with zero attached hydrogens (tertiary/aromatic N) is 3. The smallest absolute Gasteiger partial charge is 0.130 e. The third-order valence-corrected chi connectivity index (χ3v) is 10.2. The van der Waals surface area contributed by atoms with Gasteiger partial charge in [0.1, 0.15) is 23.3 Å². The van der Waals surface area contributed by atoms with Crippen molar-refractivity contribution in [1.29, 1.82) is 0 Å². The zero-order chi connectivity index (χ0) is 30.9. The van der Waals surface area contributed by atoms with Crippen LogP contribution >= 0.6 is 0 Å². The van der Waals surface area contributed by atoms with E-state index < -0.39 is 0 Å². The van der Waals surface area contributed by atoms with Gasteiger partial charge in [-0.2, -0.15) is 0 Å². The van der Waals surface area contributed by atoms with E-state index in [1.165, 1.54) is 5.56 Å². The Hall–Kier alpha value is -3.82. The van der Waals surface area contributed by atoms with Crippen LogP contribution in [-0.4, -0.2) is 33.0 Å². The van der Waals surface area contributed by atoms with Crippen LogP contribution < -0.4 is 15.5 Å². The van der Waals surface area contributed by atoms with Gasteiger partial charge in [0.05, 0.1) is 46.2 Å². The summed E-state index contributed by atoms with van der Waals surface area (Å²) in [5, 5.41) is 6.96. The second-order valence-corrected chi connectivity index (χ2v) is 14.1. The van der Waals surface area contributed by atoms with Gasteiger partial charge in [-0.15, -0.1) is 0 Å². The van der Waals surface area contributed by atoms with E-state index in [4.69, 9.17) is 9.97 Å². The molecule has 0 amide bonds. The molecule has 0 radical (unpaired) electrons. The molecule has 7 nitrogen and oxygen atoms in total. The van der Waals surface area contributed by atoms with Gasteiger partial charge >= 0.3 is 0 Å². The zero-order valence-electron chi connectivity index (χ0n) is 26.2. The number of halogens is 2. The Bertz CT molecular complexity index is 1750. The normalized spacial score (nSPS) is 24.1. The number of anilines is 1. The molecular weight excluding hydrogens is 568 g/mol. The van der Waals surface area contributed by atoms with Gasteiger partial charge in [0.15, 0.2) is 0 Å². The molecule has 3 aromatic carbocycles. The third-order valence-electron chi connectivity index (χ3n) is 10.2. The van der Waals surface area contributed by atoms with Crippen molar-refractivity contribution in [2.45, 2.75) is 88.9 Å². The third kappa shape index (κ3) is 5.10. The number of fused-ring (bicyclic) bond motifs is 2. The second kappa shape index (κ2) is 10.9. The van der Waals surface area contributed by atoms with Crippen LogP contribution in [0.5, 0.6) is 0 Å². The molecule has 4 N–H and O–H groups in total. The van der Waals surface area contributed by atoms with E-state index in [0.29, 0.717) is 35.0 Å². The molecular formula is C36H41F2N7. The van der Waals surface area contributed by atoms with Crippen molar-refractivity contribution in [3.8, 4) is 0 Å². The van der Waals surface area contributed by atoms with Crippen LogP contribution in [-0.2, 0) is 5.41 Å². The lowest BCUT2D eigenvalue weighted by Crippen LogP contribution is -2.27. The van der Waals surface area contributed by atoms with Crippen molar-refractivity contribution >= 4 is 27.8 Å². The average Bonchev–Trinajstić information content (AvgIpc) is 3.85. The summed E-state index contributed by atoms with van der Waals surface area (Å²) in [4.78, 5) is 18.6. The van der Waals surface area contributed by atoms with Gasteiger partial charge in [0, 0.05) is 28.9 Å². The van der Waals surface area contributed by atoms with Gasteiger partial charge in [-0.3, -0.25) is 0 Å². The Balaban J connectivity index is 1.21. The molecule has 3 saturated heterocycles. The predicted molar refractivity (Wildman–Crippen MR) is 174 cm³/mol. The number of aromatic amines is 2. The number of rotatable bonds is 5. The number of imidazole rings is 2. The largest absolute Gasteiger partial charge is 0.357 e. The van der Waals surface area contributed by atoms with Crippen molar-refractivity contribution in [3.05, 3.63) is 88.5 Å².